The van der Waals surface area contributed by atoms with Crippen molar-refractivity contribution in [3.63, 3.8) is 0 Å². The van der Waals surface area contributed by atoms with E-state index >= 15 is 0 Å². The van der Waals surface area contributed by atoms with Crippen molar-refractivity contribution in [3.05, 3.63) is 136 Å². The Labute approximate surface area is 422 Å². The maximum absolute atomic E-state index is 13.6. The lowest BCUT2D eigenvalue weighted by atomic mass is 9.89. The Balaban J connectivity index is 0.623. The molecule has 370 valence electrons. The monoisotopic (exact) mass is 985 g/mol. The topological polar surface area (TPSA) is 175 Å². The smallest absolute Gasteiger partial charge is 0.354 e. The minimum absolute atomic E-state index is 0.0466. The van der Waals surface area contributed by atoms with Gasteiger partial charge in [0.1, 0.15) is 18.2 Å². The van der Waals surface area contributed by atoms with Gasteiger partial charge >= 0.3 is 5.97 Å². The molecule has 72 heavy (non-hydrogen) atoms. The number of anilines is 3. The van der Waals surface area contributed by atoms with Crippen molar-refractivity contribution in [3.8, 4) is 5.75 Å². The summed E-state index contributed by atoms with van der Waals surface area (Å²) in [7, 11) is 1.93. The third-order valence-corrected chi connectivity index (χ3v) is 16.3. The maximum Gasteiger partial charge on any atom is 0.354 e. The number of thiazole rings is 1. The number of aromatic carboxylic acids is 1. The molecule has 3 fully saturated rings. The van der Waals surface area contributed by atoms with Gasteiger partial charge in [-0.15, -0.1) is 0 Å². The zero-order chi connectivity index (χ0) is 49.3. The first-order valence-corrected chi connectivity index (χ1v) is 26.2. The number of carboxylic acid groups (broad SMARTS) is 1. The Morgan fingerprint density at radius 3 is 2.46 bits per heavy atom. The fourth-order valence-corrected chi connectivity index (χ4v) is 12.1. The molecule has 4 aliphatic rings. The summed E-state index contributed by atoms with van der Waals surface area (Å²) in [6.45, 7) is 6.52. The average Bonchev–Trinajstić information content (AvgIpc) is 3.97. The standard InChI is InChI=1S/C56H59N9O6S/c1-62-47-32-40(14-17-43(47)52(61-62)44-18-20-50(66)59-54(44)68)64-29-21-35(22-30-64)6-5-26-63-27-23-37(24-28-63)36-11-15-41(16-12-36)71-34-39-13-19-49(58-51(39)55(69)70)65-31-25-38-7-4-8-42(45(38)33-65)53(67)60-56-57-46-9-2-3-10-48(46)72-56/h2-4,7-17,19,32,35,37,44H,5-6,18,20-31,33-34H2,1H3,(H,69,70)(H,57,60,67)(H,59,66,68). The molecule has 11 rings (SSSR count). The van der Waals surface area contributed by atoms with Crippen LogP contribution in [-0.2, 0) is 36.2 Å². The lowest BCUT2D eigenvalue weighted by molar-refractivity contribution is -0.134. The van der Waals surface area contributed by atoms with E-state index < -0.39 is 11.9 Å². The van der Waals surface area contributed by atoms with Gasteiger partial charge < -0.3 is 24.5 Å². The van der Waals surface area contributed by atoms with Crippen LogP contribution in [0.2, 0.25) is 0 Å². The van der Waals surface area contributed by atoms with Gasteiger partial charge in [0.15, 0.2) is 10.8 Å². The molecule has 0 saturated carbocycles. The molecular formula is C56H59N9O6S. The van der Waals surface area contributed by atoms with E-state index in [4.69, 9.17) is 9.84 Å². The number of ether oxygens (including phenoxy) is 1. The number of hydrogen-bond acceptors (Lipinski definition) is 12. The van der Waals surface area contributed by atoms with Crippen molar-refractivity contribution in [1.82, 2.24) is 30.0 Å². The number of para-hydroxylation sites is 1. The largest absolute Gasteiger partial charge is 0.489 e. The van der Waals surface area contributed by atoms with Crippen LogP contribution in [0, 0.1) is 5.92 Å². The third-order valence-electron chi connectivity index (χ3n) is 15.4. The number of carbonyl (C=O) groups is 4. The molecule has 0 aliphatic carbocycles. The Morgan fingerprint density at radius 1 is 0.847 bits per heavy atom. The Hall–Kier alpha value is -7.17. The Bertz CT molecular complexity index is 3140. The number of nitrogens with one attached hydrogen (secondary N) is 2. The number of rotatable bonds is 14. The van der Waals surface area contributed by atoms with Gasteiger partial charge in [0.2, 0.25) is 11.8 Å². The quantitative estimate of drug-likeness (QED) is 0.0884. The summed E-state index contributed by atoms with van der Waals surface area (Å²) in [5, 5.41) is 22.0. The van der Waals surface area contributed by atoms with Crippen LogP contribution in [0.4, 0.5) is 16.6 Å². The van der Waals surface area contributed by atoms with Crippen LogP contribution >= 0.6 is 11.3 Å². The molecule has 0 spiro atoms. The predicted molar refractivity (Wildman–Crippen MR) is 279 cm³/mol. The molecule has 15 nitrogen and oxygen atoms in total. The lowest BCUT2D eigenvalue weighted by Crippen LogP contribution is -2.39. The summed E-state index contributed by atoms with van der Waals surface area (Å²) in [5.41, 5.74) is 8.10. The first-order chi connectivity index (χ1) is 35.1. The molecule has 3 amide bonds. The number of benzene rings is 4. The Kier molecular flexibility index (Phi) is 13.4. The minimum Gasteiger partial charge on any atom is -0.489 e. The number of nitrogens with zero attached hydrogens (tertiary/aromatic N) is 7. The molecule has 16 heteroatoms. The van der Waals surface area contributed by atoms with Gasteiger partial charge in [0, 0.05) is 61.8 Å². The highest BCUT2D eigenvalue weighted by atomic mass is 32.1. The van der Waals surface area contributed by atoms with Crippen molar-refractivity contribution in [2.45, 2.75) is 82.8 Å². The number of carbonyl (C=O) groups excluding carboxylic acids is 3. The van der Waals surface area contributed by atoms with Gasteiger partial charge in [-0.2, -0.15) is 5.10 Å². The van der Waals surface area contributed by atoms with Crippen molar-refractivity contribution in [1.29, 1.82) is 0 Å². The highest BCUT2D eigenvalue weighted by Gasteiger charge is 2.32. The van der Waals surface area contributed by atoms with Gasteiger partial charge in [0.05, 0.1) is 27.3 Å². The second kappa shape index (κ2) is 20.5. The van der Waals surface area contributed by atoms with Crippen molar-refractivity contribution < 1.29 is 29.0 Å². The number of fused-ring (bicyclic) bond motifs is 3. The second-order valence-electron chi connectivity index (χ2n) is 19.8. The van der Waals surface area contributed by atoms with Crippen LogP contribution in [-0.4, -0.2) is 92.7 Å². The zero-order valence-electron chi connectivity index (χ0n) is 40.5. The van der Waals surface area contributed by atoms with Crippen LogP contribution in [0.15, 0.2) is 97.1 Å². The maximum atomic E-state index is 13.6. The molecule has 1 unspecified atom stereocenters. The summed E-state index contributed by atoms with van der Waals surface area (Å²) < 4.78 is 9.02. The van der Waals surface area contributed by atoms with E-state index in [0.29, 0.717) is 66.1 Å². The number of aryl methyl sites for hydroxylation is 1. The minimum atomic E-state index is -1.12. The highest BCUT2D eigenvalue weighted by molar-refractivity contribution is 7.22. The molecule has 0 bridgehead atoms. The number of hydrogen-bond donors (Lipinski definition) is 3. The molecule has 7 aromatic rings. The molecule has 3 N–H and O–H groups in total. The molecular weight excluding hydrogens is 927 g/mol. The van der Waals surface area contributed by atoms with E-state index in [0.717, 1.165) is 89.4 Å². The lowest BCUT2D eigenvalue weighted by Gasteiger charge is -2.35. The van der Waals surface area contributed by atoms with E-state index in [2.05, 4.69) is 60.7 Å². The molecule has 1 atom stereocenters. The predicted octanol–water partition coefficient (Wildman–Crippen LogP) is 9.07. The normalized spacial score (nSPS) is 18.1. The van der Waals surface area contributed by atoms with Crippen LogP contribution in [0.25, 0.3) is 21.1 Å². The number of aromatic nitrogens is 4. The molecule has 4 aromatic carbocycles. The summed E-state index contributed by atoms with van der Waals surface area (Å²) in [4.78, 5) is 66.8. The zero-order valence-corrected chi connectivity index (χ0v) is 41.3. The van der Waals surface area contributed by atoms with Gasteiger partial charge in [0.25, 0.3) is 5.91 Å². The SMILES string of the molecule is Cn1nc(C2CCC(=O)NC2=O)c2ccc(N3CCC(CCCN4CCC(c5ccc(OCc6ccc(N7CCc8cccc(C(=O)Nc9nc%10ccccc%10s9)c8C7)nc6C(=O)O)cc5)CC4)CC3)cc21. The summed E-state index contributed by atoms with van der Waals surface area (Å²) in [6.07, 6.45) is 8.60. The van der Waals surface area contributed by atoms with Crippen molar-refractivity contribution in [2.75, 3.05) is 54.4 Å². The summed E-state index contributed by atoms with van der Waals surface area (Å²) in [6, 6.07) is 31.9. The van der Waals surface area contributed by atoms with E-state index in [-0.39, 0.29) is 30.0 Å². The van der Waals surface area contributed by atoms with Crippen molar-refractivity contribution >= 4 is 72.8 Å². The first-order valence-electron chi connectivity index (χ1n) is 25.4. The fraction of sp³-hybridized carbons (Fsp3) is 0.375. The van der Waals surface area contributed by atoms with E-state index in [1.54, 1.807) is 6.07 Å². The van der Waals surface area contributed by atoms with E-state index in [1.807, 2.05) is 77.3 Å². The summed E-state index contributed by atoms with van der Waals surface area (Å²) >= 11 is 1.44. The number of carboxylic acids is 1. The molecule has 4 aliphatic heterocycles. The molecule has 7 heterocycles. The van der Waals surface area contributed by atoms with E-state index in [1.165, 1.54) is 48.3 Å². The number of imide groups is 1. The second-order valence-corrected chi connectivity index (χ2v) is 20.8. The van der Waals surface area contributed by atoms with E-state index in [9.17, 15) is 24.3 Å². The Morgan fingerprint density at radius 2 is 1.67 bits per heavy atom. The summed E-state index contributed by atoms with van der Waals surface area (Å²) in [5.74, 6) is 0.243. The van der Waals surface area contributed by atoms with Crippen LogP contribution in [0.5, 0.6) is 5.75 Å². The van der Waals surface area contributed by atoms with Crippen LogP contribution in [0.3, 0.4) is 0 Å². The van der Waals surface area contributed by atoms with Gasteiger partial charge in [-0.05, 0) is 160 Å². The van der Waals surface area contributed by atoms with Crippen LogP contribution < -0.4 is 25.2 Å². The molecule has 3 aromatic heterocycles. The van der Waals surface area contributed by atoms with Crippen molar-refractivity contribution in [2.24, 2.45) is 13.0 Å². The van der Waals surface area contributed by atoms with Gasteiger partial charge in [-0.3, -0.25) is 29.7 Å². The van der Waals surface area contributed by atoms with Gasteiger partial charge in [-0.25, -0.2) is 14.8 Å². The molecule has 0 radical (unpaired) electrons. The fourth-order valence-electron chi connectivity index (χ4n) is 11.3. The average molecular weight is 986 g/mol. The number of pyridine rings is 1. The first kappa shape index (κ1) is 47.2. The number of piperidine rings is 3. The van der Waals surface area contributed by atoms with Gasteiger partial charge in [-0.1, -0.05) is 47.7 Å². The van der Waals surface area contributed by atoms with Crippen LogP contribution in [0.1, 0.15) is 112 Å². The number of likely N-dealkylation sites (tertiary alicyclic amines) is 1. The number of amides is 3. The molecule has 3 saturated heterocycles. The highest BCUT2D eigenvalue weighted by Crippen LogP contribution is 2.36. The third kappa shape index (κ3) is 10.0.